The molecular formula is C22H25N3O4. The minimum absolute atomic E-state index is 0.0777. The molecule has 1 heterocycles. The maximum atomic E-state index is 12.4. The Morgan fingerprint density at radius 2 is 1.69 bits per heavy atom. The van der Waals surface area contributed by atoms with Crippen LogP contribution in [0.3, 0.4) is 0 Å². The molecule has 0 aliphatic rings. The molecule has 1 amide bonds. The Labute approximate surface area is 168 Å². The first-order valence-corrected chi connectivity index (χ1v) is 9.47. The number of H-pyrrole nitrogens is 1. The molecule has 3 aromatic rings. The first kappa shape index (κ1) is 20.4. The van der Waals surface area contributed by atoms with Crippen LogP contribution < -0.4 is 21.2 Å². The number of aromatic amines is 1. The Kier molecular flexibility index (Phi) is 5.87. The van der Waals surface area contributed by atoms with Crippen LogP contribution in [0, 0.1) is 0 Å². The van der Waals surface area contributed by atoms with E-state index in [0.29, 0.717) is 12.0 Å². The first-order chi connectivity index (χ1) is 13.8. The van der Waals surface area contributed by atoms with Crippen LogP contribution in [0.5, 0.6) is 5.75 Å². The molecule has 0 fully saturated rings. The molecule has 1 aromatic heterocycles. The fourth-order valence-corrected chi connectivity index (χ4v) is 2.97. The van der Waals surface area contributed by atoms with Gasteiger partial charge in [0, 0.05) is 0 Å². The van der Waals surface area contributed by atoms with Crippen molar-refractivity contribution in [2.45, 2.75) is 32.7 Å². The molecule has 0 bridgehead atoms. The summed E-state index contributed by atoms with van der Waals surface area (Å²) in [7, 11) is 0. The van der Waals surface area contributed by atoms with Crippen molar-refractivity contribution in [1.29, 1.82) is 0 Å². The Bertz CT molecular complexity index is 1120. The first-order valence-electron chi connectivity index (χ1n) is 9.47. The molecule has 152 valence electrons. The second-order valence-corrected chi connectivity index (χ2v) is 7.85. The lowest BCUT2D eigenvalue weighted by Crippen LogP contribution is -2.37. The molecule has 7 nitrogen and oxygen atoms in total. The van der Waals surface area contributed by atoms with Crippen LogP contribution in [-0.2, 0) is 16.8 Å². The van der Waals surface area contributed by atoms with E-state index in [4.69, 9.17) is 4.74 Å². The van der Waals surface area contributed by atoms with Gasteiger partial charge in [0.25, 0.3) is 11.1 Å². The van der Waals surface area contributed by atoms with Crippen LogP contribution in [0.25, 0.3) is 10.8 Å². The number of hydrogen-bond donors (Lipinski definition) is 2. The molecule has 0 atom stereocenters. The highest BCUT2D eigenvalue weighted by atomic mass is 16.5. The molecule has 0 aliphatic heterocycles. The maximum Gasteiger partial charge on any atom is 0.273 e. The summed E-state index contributed by atoms with van der Waals surface area (Å²) in [6, 6.07) is 14.4. The molecule has 0 unspecified atom stereocenters. The Hall–Kier alpha value is -3.35. The Balaban J connectivity index is 1.53. The third-order valence-corrected chi connectivity index (χ3v) is 4.60. The molecule has 7 heteroatoms. The summed E-state index contributed by atoms with van der Waals surface area (Å²) < 4.78 is 6.65. The van der Waals surface area contributed by atoms with E-state index in [1.165, 1.54) is 5.56 Å². The number of hydrogen-bond acceptors (Lipinski definition) is 4. The fraction of sp³-hybridized carbons (Fsp3) is 0.318. The number of ether oxygens (including phenoxy) is 1. The van der Waals surface area contributed by atoms with E-state index in [2.05, 4.69) is 31.2 Å². The molecule has 0 spiro atoms. The van der Waals surface area contributed by atoms with Crippen LogP contribution in [0.15, 0.2) is 58.1 Å². The minimum atomic E-state index is -0.412. The maximum absolute atomic E-state index is 12.4. The fourth-order valence-electron chi connectivity index (χ4n) is 2.97. The van der Waals surface area contributed by atoms with Gasteiger partial charge in [-0.1, -0.05) is 45.0 Å². The van der Waals surface area contributed by atoms with Crippen molar-refractivity contribution in [3.05, 3.63) is 74.8 Å². The van der Waals surface area contributed by atoms with Gasteiger partial charge in [-0.25, -0.2) is 4.68 Å². The van der Waals surface area contributed by atoms with Gasteiger partial charge >= 0.3 is 0 Å². The van der Waals surface area contributed by atoms with E-state index in [1.807, 2.05) is 24.3 Å². The van der Waals surface area contributed by atoms with Gasteiger partial charge in [-0.2, -0.15) is 0 Å². The van der Waals surface area contributed by atoms with E-state index in [0.717, 1.165) is 10.4 Å². The summed E-state index contributed by atoms with van der Waals surface area (Å²) in [4.78, 5) is 36.6. The zero-order valence-corrected chi connectivity index (χ0v) is 16.8. The molecule has 0 radical (unpaired) electrons. The van der Waals surface area contributed by atoms with Gasteiger partial charge in [-0.15, -0.1) is 0 Å². The van der Waals surface area contributed by atoms with Crippen LogP contribution in [0.2, 0.25) is 0 Å². The largest absolute Gasteiger partial charge is 0.492 e. The van der Waals surface area contributed by atoms with Crippen molar-refractivity contribution in [1.82, 2.24) is 15.1 Å². The van der Waals surface area contributed by atoms with Crippen molar-refractivity contribution in [2.24, 2.45) is 0 Å². The number of amides is 1. The lowest BCUT2D eigenvalue weighted by Gasteiger charge is -2.19. The summed E-state index contributed by atoms with van der Waals surface area (Å²) in [5.74, 6) is 0.340. The SMILES string of the molecule is CC(C)(C)c1ccc(OCCNC(=O)Cn2[nH]c(=O)c3ccccc3c2=O)cc1. The summed E-state index contributed by atoms with van der Waals surface area (Å²) >= 11 is 0. The average molecular weight is 395 g/mol. The Morgan fingerprint density at radius 1 is 1.03 bits per heavy atom. The zero-order valence-electron chi connectivity index (χ0n) is 16.8. The highest BCUT2D eigenvalue weighted by Gasteiger charge is 2.13. The van der Waals surface area contributed by atoms with Crippen molar-refractivity contribution in [3.8, 4) is 5.75 Å². The number of nitrogens with one attached hydrogen (secondary N) is 2. The van der Waals surface area contributed by atoms with Gasteiger partial charge in [-0.05, 0) is 35.2 Å². The van der Waals surface area contributed by atoms with Crippen LogP contribution in [0.4, 0.5) is 0 Å². The predicted octanol–water partition coefficient (Wildman–Crippen LogP) is 2.18. The van der Waals surface area contributed by atoms with Crippen molar-refractivity contribution in [3.63, 3.8) is 0 Å². The summed E-state index contributed by atoms with van der Waals surface area (Å²) in [5, 5.41) is 5.71. The third-order valence-electron chi connectivity index (χ3n) is 4.60. The topological polar surface area (TPSA) is 93.2 Å². The average Bonchev–Trinajstić information content (AvgIpc) is 2.69. The molecular weight excluding hydrogens is 370 g/mol. The van der Waals surface area contributed by atoms with E-state index in [-0.39, 0.29) is 29.8 Å². The van der Waals surface area contributed by atoms with E-state index in [1.54, 1.807) is 24.3 Å². The third kappa shape index (κ3) is 4.93. The van der Waals surface area contributed by atoms with Gasteiger partial charge in [0.1, 0.15) is 18.9 Å². The number of aromatic nitrogens is 2. The molecule has 0 aliphatic carbocycles. The van der Waals surface area contributed by atoms with E-state index < -0.39 is 11.1 Å². The molecule has 0 saturated heterocycles. The van der Waals surface area contributed by atoms with Crippen LogP contribution in [-0.4, -0.2) is 28.8 Å². The number of rotatable bonds is 6. The van der Waals surface area contributed by atoms with Crippen molar-refractivity contribution < 1.29 is 9.53 Å². The lowest BCUT2D eigenvalue weighted by atomic mass is 9.87. The standard InChI is InChI=1S/C22H25N3O4/c1-22(2,3)15-8-10-16(11-9-15)29-13-12-23-19(26)14-25-21(28)18-7-5-4-6-17(18)20(27)24-25/h4-11H,12-14H2,1-3H3,(H,23,26)(H,24,27). The lowest BCUT2D eigenvalue weighted by molar-refractivity contribution is -0.122. The summed E-state index contributed by atoms with van der Waals surface area (Å²) in [6.07, 6.45) is 0. The van der Waals surface area contributed by atoms with Crippen LogP contribution >= 0.6 is 0 Å². The van der Waals surface area contributed by atoms with Gasteiger partial charge in [0.2, 0.25) is 5.91 Å². The van der Waals surface area contributed by atoms with E-state index in [9.17, 15) is 14.4 Å². The van der Waals surface area contributed by atoms with Crippen LogP contribution in [0.1, 0.15) is 26.3 Å². The van der Waals surface area contributed by atoms with Gasteiger partial charge in [0.05, 0.1) is 17.3 Å². The summed E-state index contributed by atoms with van der Waals surface area (Å²) in [5.41, 5.74) is 0.475. The number of carbonyl (C=O) groups is 1. The highest BCUT2D eigenvalue weighted by Crippen LogP contribution is 2.24. The number of nitrogens with zero attached hydrogens (tertiary/aromatic N) is 1. The Morgan fingerprint density at radius 3 is 2.34 bits per heavy atom. The van der Waals surface area contributed by atoms with Gasteiger partial charge in [0.15, 0.2) is 0 Å². The zero-order chi connectivity index (χ0) is 21.0. The highest BCUT2D eigenvalue weighted by molar-refractivity contribution is 5.81. The van der Waals surface area contributed by atoms with Crippen molar-refractivity contribution in [2.75, 3.05) is 13.2 Å². The molecule has 2 N–H and O–H groups in total. The summed E-state index contributed by atoms with van der Waals surface area (Å²) in [6.45, 7) is 6.75. The van der Waals surface area contributed by atoms with E-state index >= 15 is 0 Å². The van der Waals surface area contributed by atoms with Gasteiger partial charge < -0.3 is 10.1 Å². The van der Waals surface area contributed by atoms with Crippen molar-refractivity contribution >= 4 is 16.7 Å². The number of benzene rings is 2. The normalized spacial score (nSPS) is 11.4. The smallest absolute Gasteiger partial charge is 0.273 e. The number of carbonyl (C=O) groups excluding carboxylic acids is 1. The quantitative estimate of drug-likeness (QED) is 0.626. The minimum Gasteiger partial charge on any atom is -0.492 e. The van der Waals surface area contributed by atoms with Gasteiger partial charge in [-0.3, -0.25) is 19.5 Å². The molecule has 29 heavy (non-hydrogen) atoms. The second kappa shape index (κ2) is 8.34. The molecule has 3 rings (SSSR count). The second-order valence-electron chi connectivity index (χ2n) is 7.85. The molecule has 2 aromatic carbocycles. The monoisotopic (exact) mass is 395 g/mol. The number of fused-ring (bicyclic) bond motifs is 1. The molecule has 0 saturated carbocycles. The predicted molar refractivity (Wildman–Crippen MR) is 112 cm³/mol.